The van der Waals surface area contributed by atoms with Crippen molar-refractivity contribution >= 4 is 0 Å². The molecule has 3 heteroatoms. The van der Waals surface area contributed by atoms with Crippen molar-refractivity contribution in [2.45, 2.75) is 71.4 Å². The lowest BCUT2D eigenvalue weighted by atomic mass is 9.90. The zero-order valence-corrected chi connectivity index (χ0v) is 12.6. The summed E-state index contributed by atoms with van der Waals surface area (Å²) in [6.07, 6.45) is 2.05. The molecule has 3 nitrogen and oxygen atoms in total. The molecule has 2 heterocycles. The van der Waals surface area contributed by atoms with Crippen LogP contribution in [0.1, 0.15) is 65.4 Å². The largest absolute Gasteiger partial charge is 0.373 e. The fourth-order valence-electron chi connectivity index (χ4n) is 2.71. The molecule has 18 heavy (non-hydrogen) atoms. The van der Waals surface area contributed by atoms with Crippen molar-refractivity contribution in [2.75, 3.05) is 6.61 Å². The minimum atomic E-state index is -0.114. The number of aryl methyl sites for hydroxylation is 1. The van der Waals surface area contributed by atoms with Gasteiger partial charge in [0.1, 0.15) is 0 Å². The topological polar surface area (TPSA) is 27.1 Å². The van der Waals surface area contributed by atoms with E-state index in [9.17, 15) is 0 Å². The molecule has 1 aliphatic heterocycles. The van der Waals surface area contributed by atoms with Gasteiger partial charge in [0.15, 0.2) is 0 Å². The normalized spacial score (nSPS) is 23.6. The van der Waals surface area contributed by atoms with Gasteiger partial charge >= 0.3 is 0 Å². The van der Waals surface area contributed by atoms with Gasteiger partial charge in [-0.15, -0.1) is 0 Å². The Morgan fingerprint density at radius 1 is 1.44 bits per heavy atom. The maximum atomic E-state index is 5.86. The Kier molecular flexibility index (Phi) is 3.30. The van der Waals surface area contributed by atoms with Gasteiger partial charge in [0.2, 0.25) is 0 Å². The fraction of sp³-hybridized carbons (Fsp3) is 0.800. The van der Waals surface area contributed by atoms with Crippen molar-refractivity contribution < 1.29 is 4.74 Å². The highest BCUT2D eigenvalue weighted by atomic mass is 16.5. The van der Waals surface area contributed by atoms with Crippen LogP contribution in [0.3, 0.4) is 0 Å². The van der Waals surface area contributed by atoms with Crippen LogP contribution in [0.2, 0.25) is 0 Å². The molecule has 0 spiro atoms. The highest BCUT2D eigenvalue weighted by Gasteiger charge is 2.40. The molecule has 1 atom stereocenters. The minimum Gasteiger partial charge on any atom is -0.373 e. The van der Waals surface area contributed by atoms with Gasteiger partial charge in [-0.05, 0) is 32.8 Å². The number of nitrogens with zero attached hydrogens (tertiary/aromatic N) is 2. The molecule has 102 valence electrons. The summed E-state index contributed by atoms with van der Waals surface area (Å²) in [7, 11) is 0. The van der Waals surface area contributed by atoms with Crippen molar-refractivity contribution in [1.82, 2.24) is 9.78 Å². The standard InChI is InChI=1S/C15H26N2O/c1-7-11-10-13(14(2,3)4)17(16-11)12-8-9-18-15(12,5)6/h10,12H,7-9H2,1-6H3. The van der Waals surface area contributed by atoms with Crippen LogP contribution in [0.5, 0.6) is 0 Å². The lowest BCUT2D eigenvalue weighted by Gasteiger charge is -2.30. The molecule has 0 saturated carbocycles. The van der Waals surface area contributed by atoms with Crippen LogP contribution >= 0.6 is 0 Å². The summed E-state index contributed by atoms with van der Waals surface area (Å²) in [5.74, 6) is 0. The van der Waals surface area contributed by atoms with Crippen LogP contribution in [-0.4, -0.2) is 22.0 Å². The molecule has 0 radical (unpaired) electrons. The summed E-state index contributed by atoms with van der Waals surface area (Å²) in [5, 5.41) is 4.81. The summed E-state index contributed by atoms with van der Waals surface area (Å²) in [5.41, 5.74) is 2.52. The monoisotopic (exact) mass is 250 g/mol. The second kappa shape index (κ2) is 4.37. The van der Waals surface area contributed by atoms with E-state index in [1.54, 1.807) is 0 Å². The first-order valence-corrected chi connectivity index (χ1v) is 6.98. The van der Waals surface area contributed by atoms with Crippen molar-refractivity contribution in [3.8, 4) is 0 Å². The summed E-state index contributed by atoms with van der Waals surface area (Å²) < 4.78 is 8.09. The minimum absolute atomic E-state index is 0.114. The highest BCUT2D eigenvalue weighted by Crippen LogP contribution is 2.38. The van der Waals surface area contributed by atoms with Crippen LogP contribution in [0.25, 0.3) is 0 Å². The molecule has 0 aromatic carbocycles. The summed E-state index contributed by atoms with van der Waals surface area (Å²) in [4.78, 5) is 0. The van der Waals surface area contributed by atoms with Crippen LogP contribution in [0.15, 0.2) is 6.07 Å². The van der Waals surface area contributed by atoms with E-state index in [2.05, 4.69) is 52.3 Å². The van der Waals surface area contributed by atoms with Crippen LogP contribution < -0.4 is 0 Å². The Labute approximate surface area is 111 Å². The number of hydrogen-bond donors (Lipinski definition) is 0. The van der Waals surface area contributed by atoms with Gasteiger partial charge in [-0.25, -0.2) is 0 Å². The van der Waals surface area contributed by atoms with Crippen molar-refractivity contribution in [3.05, 3.63) is 17.5 Å². The zero-order chi connectivity index (χ0) is 13.6. The summed E-state index contributed by atoms with van der Waals surface area (Å²) in [6.45, 7) is 14.1. The van der Waals surface area contributed by atoms with Gasteiger partial charge in [-0.2, -0.15) is 5.10 Å². The van der Waals surface area contributed by atoms with Crippen molar-refractivity contribution in [2.24, 2.45) is 0 Å². The van der Waals surface area contributed by atoms with Gasteiger partial charge in [-0.1, -0.05) is 27.7 Å². The van der Waals surface area contributed by atoms with Gasteiger partial charge in [-0.3, -0.25) is 4.68 Å². The number of rotatable bonds is 2. The van der Waals surface area contributed by atoms with Crippen LogP contribution in [0, 0.1) is 0 Å². The average Bonchev–Trinajstić information content (AvgIpc) is 2.79. The molecule has 1 aromatic heterocycles. The Bertz CT molecular complexity index is 426. The van der Waals surface area contributed by atoms with E-state index in [1.807, 2.05) is 0 Å². The van der Waals surface area contributed by atoms with E-state index in [0.29, 0.717) is 6.04 Å². The van der Waals surface area contributed by atoms with Gasteiger partial charge in [0, 0.05) is 17.7 Å². The molecule has 2 rings (SSSR count). The first-order valence-electron chi connectivity index (χ1n) is 6.98. The molecule has 1 unspecified atom stereocenters. The lowest BCUT2D eigenvalue weighted by Crippen LogP contribution is -2.33. The number of ether oxygens (including phenoxy) is 1. The fourth-order valence-corrected chi connectivity index (χ4v) is 2.71. The smallest absolute Gasteiger partial charge is 0.0850 e. The van der Waals surface area contributed by atoms with E-state index in [-0.39, 0.29) is 11.0 Å². The van der Waals surface area contributed by atoms with E-state index in [0.717, 1.165) is 19.4 Å². The maximum Gasteiger partial charge on any atom is 0.0850 e. The number of aromatic nitrogens is 2. The van der Waals surface area contributed by atoms with Gasteiger partial charge in [0.05, 0.1) is 17.3 Å². The SMILES string of the molecule is CCc1cc(C(C)(C)C)n(C2CCOC2(C)C)n1. The van der Waals surface area contributed by atoms with E-state index in [1.165, 1.54) is 11.4 Å². The first kappa shape index (κ1) is 13.6. The van der Waals surface area contributed by atoms with E-state index >= 15 is 0 Å². The Morgan fingerprint density at radius 2 is 2.11 bits per heavy atom. The molecule has 0 bridgehead atoms. The predicted molar refractivity (Wildman–Crippen MR) is 74.0 cm³/mol. The maximum absolute atomic E-state index is 5.86. The van der Waals surface area contributed by atoms with Crippen LogP contribution in [0.4, 0.5) is 0 Å². The molecule has 1 aromatic rings. The van der Waals surface area contributed by atoms with Crippen LogP contribution in [-0.2, 0) is 16.6 Å². The van der Waals surface area contributed by atoms with Gasteiger partial charge < -0.3 is 4.74 Å². The third-order valence-electron chi connectivity index (χ3n) is 3.88. The van der Waals surface area contributed by atoms with E-state index < -0.39 is 0 Å². The third-order valence-corrected chi connectivity index (χ3v) is 3.88. The molecule has 1 aliphatic rings. The summed E-state index contributed by atoms with van der Waals surface area (Å²) in [6, 6.07) is 2.61. The second-order valence-corrected chi connectivity index (χ2v) is 6.83. The quantitative estimate of drug-likeness (QED) is 0.803. The average molecular weight is 250 g/mol. The summed E-state index contributed by atoms with van der Waals surface area (Å²) >= 11 is 0. The molecule has 0 N–H and O–H groups in total. The number of hydrogen-bond acceptors (Lipinski definition) is 2. The van der Waals surface area contributed by atoms with Crippen molar-refractivity contribution in [1.29, 1.82) is 0 Å². The Balaban J connectivity index is 2.46. The van der Waals surface area contributed by atoms with Gasteiger partial charge in [0.25, 0.3) is 0 Å². The first-order chi connectivity index (χ1) is 8.25. The van der Waals surface area contributed by atoms with Crippen molar-refractivity contribution in [3.63, 3.8) is 0 Å². The molecule has 1 fully saturated rings. The highest BCUT2D eigenvalue weighted by molar-refractivity contribution is 5.20. The molecular weight excluding hydrogens is 224 g/mol. The third kappa shape index (κ3) is 2.33. The predicted octanol–water partition coefficient (Wildman–Crippen LogP) is 3.48. The zero-order valence-electron chi connectivity index (χ0n) is 12.6. The molecule has 0 amide bonds. The lowest BCUT2D eigenvalue weighted by molar-refractivity contribution is 0.0107. The second-order valence-electron chi connectivity index (χ2n) is 6.83. The Morgan fingerprint density at radius 3 is 2.56 bits per heavy atom. The molecular formula is C15H26N2O. The molecule has 1 saturated heterocycles. The molecule has 0 aliphatic carbocycles. The Hall–Kier alpha value is -0.830. The van der Waals surface area contributed by atoms with E-state index in [4.69, 9.17) is 9.84 Å².